The number of anilines is 1. The second-order valence-corrected chi connectivity index (χ2v) is 7.16. The third kappa shape index (κ3) is 4.25. The van der Waals surface area contributed by atoms with Crippen LogP contribution in [0.4, 0.5) is 5.69 Å². The molecule has 1 amide bonds. The zero-order valence-corrected chi connectivity index (χ0v) is 16.8. The second-order valence-electron chi connectivity index (χ2n) is 5.96. The van der Waals surface area contributed by atoms with E-state index in [1.807, 2.05) is 34.0 Å². The van der Waals surface area contributed by atoms with E-state index < -0.39 is 0 Å². The summed E-state index contributed by atoms with van der Waals surface area (Å²) >= 11 is 7.55. The number of nitrogens with zero attached hydrogens (tertiary/aromatic N) is 2. The number of thioether (sulfide) groups is 1. The van der Waals surface area contributed by atoms with Crippen molar-refractivity contribution in [1.82, 2.24) is 9.97 Å². The number of rotatable bonds is 5. The summed E-state index contributed by atoms with van der Waals surface area (Å²) in [4.78, 5) is 21.9. The van der Waals surface area contributed by atoms with Gasteiger partial charge in [-0.05, 0) is 31.7 Å². The molecule has 2 rings (SSSR count). The first-order valence-electron chi connectivity index (χ1n) is 7.86. The van der Waals surface area contributed by atoms with Crippen molar-refractivity contribution in [3.63, 3.8) is 0 Å². The number of carbonyl (C=O) groups excluding carboxylic acids is 1. The Morgan fingerprint density at radius 2 is 1.96 bits per heavy atom. The van der Waals surface area contributed by atoms with Gasteiger partial charge in [-0.3, -0.25) is 4.79 Å². The fourth-order valence-corrected chi connectivity index (χ4v) is 3.13. The largest absolute Gasteiger partial charge is 0.495 e. The first kappa shape index (κ1) is 19.5. The van der Waals surface area contributed by atoms with Gasteiger partial charge in [-0.1, -0.05) is 25.4 Å². The molecular weight excluding hydrogens is 358 g/mol. The average Bonchev–Trinajstić information content (AvgIpc) is 2.56. The highest BCUT2D eigenvalue weighted by molar-refractivity contribution is 7.98. The number of ether oxygens (including phenoxy) is 1. The molecule has 0 saturated carbocycles. The lowest BCUT2D eigenvalue weighted by Gasteiger charge is -2.15. The van der Waals surface area contributed by atoms with Crippen molar-refractivity contribution in [3.05, 3.63) is 39.8 Å². The lowest BCUT2D eigenvalue weighted by atomic mass is 10.1. The summed E-state index contributed by atoms with van der Waals surface area (Å²) in [6, 6.07) is 3.48. The summed E-state index contributed by atoms with van der Waals surface area (Å²) in [5.41, 5.74) is 2.55. The van der Waals surface area contributed by atoms with Gasteiger partial charge in [0.05, 0.1) is 24.1 Å². The predicted molar refractivity (Wildman–Crippen MR) is 103 cm³/mol. The van der Waals surface area contributed by atoms with E-state index in [0.717, 1.165) is 11.4 Å². The first-order chi connectivity index (χ1) is 11.8. The number of hydrogen-bond acceptors (Lipinski definition) is 5. The molecule has 0 spiro atoms. The number of aryl methyl sites for hydroxylation is 2. The molecule has 1 N–H and O–H groups in total. The number of amides is 1. The minimum atomic E-state index is -0.267. The molecule has 25 heavy (non-hydrogen) atoms. The Labute approximate surface area is 157 Å². The molecule has 0 aliphatic rings. The van der Waals surface area contributed by atoms with Crippen molar-refractivity contribution in [3.8, 4) is 5.75 Å². The van der Waals surface area contributed by atoms with Crippen LogP contribution in [-0.2, 0) is 0 Å². The van der Waals surface area contributed by atoms with Crippen LogP contribution in [0.25, 0.3) is 0 Å². The minimum Gasteiger partial charge on any atom is -0.495 e. The standard InChI is InChI=1S/C18H22ClN3O2S/c1-9(2)16-20-11(4)15(18(22-16)25-6)17(23)21-13-7-10(3)12(19)8-14(13)24-5/h7-9H,1-6H3,(H,21,23). The van der Waals surface area contributed by atoms with E-state index in [1.165, 1.54) is 18.9 Å². The first-order valence-corrected chi connectivity index (χ1v) is 9.46. The van der Waals surface area contributed by atoms with Gasteiger partial charge < -0.3 is 10.1 Å². The number of nitrogens with one attached hydrogen (secondary N) is 1. The fraction of sp³-hybridized carbons (Fsp3) is 0.389. The van der Waals surface area contributed by atoms with Crippen LogP contribution in [0, 0.1) is 13.8 Å². The van der Waals surface area contributed by atoms with E-state index in [-0.39, 0.29) is 11.8 Å². The Bertz CT molecular complexity index is 809. The molecule has 7 heteroatoms. The molecular formula is C18H22ClN3O2S. The van der Waals surface area contributed by atoms with Gasteiger partial charge in [0.1, 0.15) is 16.6 Å². The molecule has 2 aromatic rings. The van der Waals surface area contributed by atoms with E-state index in [9.17, 15) is 4.79 Å². The zero-order chi connectivity index (χ0) is 18.7. The van der Waals surface area contributed by atoms with Crippen LogP contribution in [0.15, 0.2) is 17.2 Å². The van der Waals surface area contributed by atoms with Crippen molar-refractivity contribution in [2.45, 2.75) is 38.6 Å². The molecule has 0 atom stereocenters. The highest BCUT2D eigenvalue weighted by Gasteiger charge is 2.21. The monoisotopic (exact) mass is 379 g/mol. The van der Waals surface area contributed by atoms with Crippen molar-refractivity contribution in [2.75, 3.05) is 18.7 Å². The van der Waals surface area contributed by atoms with E-state index in [2.05, 4.69) is 15.3 Å². The van der Waals surface area contributed by atoms with Crippen molar-refractivity contribution >= 4 is 35.0 Å². The molecule has 0 unspecified atom stereocenters. The highest BCUT2D eigenvalue weighted by atomic mass is 35.5. The Morgan fingerprint density at radius 3 is 2.52 bits per heavy atom. The predicted octanol–water partition coefficient (Wildman–Crippen LogP) is 4.85. The third-order valence-electron chi connectivity index (χ3n) is 3.74. The van der Waals surface area contributed by atoms with Gasteiger partial charge in [-0.15, -0.1) is 11.8 Å². The SMILES string of the molecule is COc1cc(Cl)c(C)cc1NC(=O)c1c(C)nc(C(C)C)nc1SC. The molecule has 0 saturated heterocycles. The van der Waals surface area contributed by atoms with Gasteiger partial charge in [0.15, 0.2) is 0 Å². The second kappa shape index (κ2) is 8.06. The molecule has 0 bridgehead atoms. The van der Waals surface area contributed by atoms with Crippen molar-refractivity contribution < 1.29 is 9.53 Å². The fourth-order valence-electron chi connectivity index (χ4n) is 2.35. The van der Waals surface area contributed by atoms with Gasteiger partial charge in [-0.25, -0.2) is 9.97 Å². The van der Waals surface area contributed by atoms with Crippen LogP contribution in [0.2, 0.25) is 5.02 Å². The smallest absolute Gasteiger partial charge is 0.260 e. The van der Waals surface area contributed by atoms with Gasteiger partial charge in [0, 0.05) is 17.0 Å². The maximum absolute atomic E-state index is 12.9. The van der Waals surface area contributed by atoms with E-state index in [1.54, 1.807) is 12.1 Å². The highest BCUT2D eigenvalue weighted by Crippen LogP contribution is 2.32. The maximum Gasteiger partial charge on any atom is 0.260 e. The van der Waals surface area contributed by atoms with Crippen molar-refractivity contribution in [1.29, 1.82) is 0 Å². The molecule has 1 heterocycles. The molecule has 0 aliphatic heterocycles. The number of hydrogen-bond donors (Lipinski definition) is 1. The Morgan fingerprint density at radius 1 is 1.28 bits per heavy atom. The summed E-state index contributed by atoms with van der Waals surface area (Å²) in [6.07, 6.45) is 1.90. The van der Waals surface area contributed by atoms with Gasteiger partial charge in [-0.2, -0.15) is 0 Å². The number of benzene rings is 1. The maximum atomic E-state index is 12.9. The number of aromatic nitrogens is 2. The minimum absolute atomic E-state index is 0.195. The van der Waals surface area contributed by atoms with Crippen LogP contribution < -0.4 is 10.1 Å². The third-order valence-corrected chi connectivity index (χ3v) is 4.83. The molecule has 0 aliphatic carbocycles. The average molecular weight is 380 g/mol. The van der Waals surface area contributed by atoms with Crippen LogP contribution in [-0.4, -0.2) is 29.2 Å². The van der Waals surface area contributed by atoms with Gasteiger partial charge >= 0.3 is 0 Å². The van der Waals surface area contributed by atoms with E-state index >= 15 is 0 Å². The number of methoxy groups -OCH3 is 1. The lowest BCUT2D eigenvalue weighted by molar-refractivity contribution is 0.102. The number of halogens is 1. The normalized spacial score (nSPS) is 10.9. The van der Waals surface area contributed by atoms with Crippen LogP contribution in [0.5, 0.6) is 5.75 Å². The van der Waals surface area contributed by atoms with Gasteiger partial charge in [0.2, 0.25) is 0 Å². The summed E-state index contributed by atoms with van der Waals surface area (Å²) in [5, 5.41) is 4.14. The Balaban J connectivity index is 2.44. The molecule has 1 aromatic carbocycles. The number of carbonyl (C=O) groups is 1. The summed E-state index contributed by atoms with van der Waals surface area (Å²) in [5.74, 6) is 1.17. The van der Waals surface area contributed by atoms with E-state index in [0.29, 0.717) is 32.7 Å². The zero-order valence-electron chi connectivity index (χ0n) is 15.2. The molecule has 0 radical (unpaired) electrons. The summed E-state index contributed by atoms with van der Waals surface area (Å²) in [6.45, 7) is 7.75. The van der Waals surface area contributed by atoms with Crippen LogP contribution in [0.3, 0.4) is 0 Å². The Hall–Kier alpha value is -1.79. The van der Waals surface area contributed by atoms with Crippen LogP contribution >= 0.6 is 23.4 Å². The van der Waals surface area contributed by atoms with Crippen molar-refractivity contribution in [2.24, 2.45) is 0 Å². The molecule has 0 fully saturated rings. The van der Waals surface area contributed by atoms with E-state index in [4.69, 9.17) is 16.3 Å². The topological polar surface area (TPSA) is 64.1 Å². The molecule has 134 valence electrons. The summed E-state index contributed by atoms with van der Waals surface area (Å²) in [7, 11) is 1.54. The van der Waals surface area contributed by atoms with Crippen LogP contribution in [0.1, 0.15) is 47.2 Å². The molecule has 5 nitrogen and oxygen atoms in total. The quantitative estimate of drug-likeness (QED) is 0.594. The summed E-state index contributed by atoms with van der Waals surface area (Å²) < 4.78 is 5.32. The molecule has 1 aromatic heterocycles. The lowest BCUT2D eigenvalue weighted by Crippen LogP contribution is -2.18. The van der Waals surface area contributed by atoms with Gasteiger partial charge in [0.25, 0.3) is 5.91 Å². The Kier molecular flexibility index (Phi) is 6.30.